The van der Waals surface area contributed by atoms with Crippen LogP contribution in [0.25, 0.3) is 0 Å². The standard InChI is InChI=1S/C21H28N4O5S/c1-17(30-19-8-6-18(29-2)7-9-19)21(26)23-11-16-31(27,28)25-14-12-24(13-15-25)20-5-3-4-10-22-20/h3-10,17H,11-16H2,1-2H3,(H,23,26). The van der Waals surface area contributed by atoms with Gasteiger partial charge in [0, 0.05) is 38.9 Å². The zero-order chi connectivity index (χ0) is 22.3. The van der Waals surface area contributed by atoms with Gasteiger partial charge in [-0.1, -0.05) is 6.07 Å². The minimum Gasteiger partial charge on any atom is -0.497 e. The molecule has 1 aliphatic rings. The van der Waals surface area contributed by atoms with E-state index in [0.29, 0.717) is 37.7 Å². The Bertz CT molecular complexity index is 945. The molecule has 31 heavy (non-hydrogen) atoms. The summed E-state index contributed by atoms with van der Waals surface area (Å²) in [5, 5.41) is 2.64. The third kappa shape index (κ3) is 6.31. The Labute approximate surface area is 183 Å². The van der Waals surface area contributed by atoms with E-state index in [-0.39, 0.29) is 18.2 Å². The second kappa shape index (κ2) is 10.5. The van der Waals surface area contributed by atoms with Crippen molar-refractivity contribution in [2.24, 2.45) is 0 Å². The summed E-state index contributed by atoms with van der Waals surface area (Å²) < 4.78 is 37.4. The molecule has 1 aromatic heterocycles. The van der Waals surface area contributed by atoms with E-state index >= 15 is 0 Å². The molecule has 3 rings (SSSR count). The maximum Gasteiger partial charge on any atom is 0.260 e. The lowest BCUT2D eigenvalue weighted by Gasteiger charge is -2.34. The maximum absolute atomic E-state index is 12.6. The molecule has 0 bridgehead atoms. The third-order valence-electron chi connectivity index (χ3n) is 5.01. The normalized spacial score (nSPS) is 15.9. The van der Waals surface area contributed by atoms with E-state index in [9.17, 15) is 13.2 Å². The van der Waals surface area contributed by atoms with Crippen molar-refractivity contribution in [3.05, 3.63) is 48.7 Å². The van der Waals surface area contributed by atoms with E-state index in [1.54, 1.807) is 44.5 Å². The monoisotopic (exact) mass is 448 g/mol. The van der Waals surface area contributed by atoms with Gasteiger partial charge in [-0.2, -0.15) is 4.31 Å². The van der Waals surface area contributed by atoms with Crippen LogP contribution in [0.3, 0.4) is 0 Å². The van der Waals surface area contributed by atoms with Crippen LogP contribution in [0.2, 0.25) is 0 Å². The first-order chi connectivity index (χ1) is 14.9. The van der Waals surface area contributed by atoms with Crippen molar-refractivity contribution in [2.45, 2.75) is 13.0 Å². The number of sulfonamides is 1. The van der Waals surface area contributed by atoms with Gasteiger partial charge < -0.3 is 19.7 Å². The Balaban J connectivity index is 1.42. The van der Waals surface area contributed by atoms with Crippen molar-refractivity contribution in [1.29, 1.82) is 0 Å². The summed E-state index contributed by atoms with van der Waals surface area (Å²) in [4.78, 5) is 18.6. The molecule has 0 saturated carbocycles. The zero-order valence-corrected chi connectivity index (χ0v) is 18.5. The number of carbonyl (C=O) groups is 1. The van der Waals surface area contributed by atoms with Gasteiger partial charge in [-0.3, -0.25) is 4.79 Å². The van der Waals surface area contributed by atoms with Crippen LogP contribution in [0.15, 0.2) is 48.7 Å². The number of ether oxygens (including phenoxy) is 2. The quantitative estimate of drug-likeness (QED) is 0.614. The fourth-order valence-corrected chi connectivity index (χ4v) is 4.56. The number of benzene rings is 1. The Morgan fingerprint density at radius 2 is 1.77 bits per heavy atom. The largest absolute Gasteiger partial charge is 0.497 e. The molecule has 0 spiro atoms. The summed E-state index contributed by atoms with van der Waals surface area (Å²) in [6.07, 6.45) is 0.971. The predicted molar refractivity (Wildman–Crippen MR) is 118 cm³/mol. The van der Waals surface area contributed by atoms with Crippen LogP contribution in [0, 0.1) is 0 Å². The molecule has 1 saturated heterocycles. The van der Waals surface area contributed by atoms with E-state index in [1.165, 1.54) is 4.31 Å². The molecule has 10 heteroatoms. The lowest BCUT2D eigenvalue weighted by atomic mass is 10.3. The van der Waals surface area contributed by atoms with Gasteiger partial charge in [0.1, 0.15) is 17.3 Å². The number of aromatic nitrogens is 1. The Kier molecular flexibility index (Phi) is 7.69. The van der Waals surface area contributed by atoms with Crippen LogP contribution in [-0.4, -0.2) is 75.3 Å². The van der Waals surface area contributed by atoms with Gasteiger partial charge in [0.15, 0.2) is 6.10 Å². The number of pyridine rings is 1. The number of hydrogen-bond acceptors (Lipinski definition) is 7. The maximum atomic E-state index is 12.6. The van der Waals surface area contributed by atoms with Crippen molar-refractivity contribution in [3.63, 3.8) is 0 Å². The van der Waals surface area contributed by atoms with E-state index < -0.39 is 16.1 Å². The highest BCUT2D eigenvalue weighted by atomic mass is 32.2. The van der Waals surface area contributed by atoms with Crippen molar-refractivity contribution in [2.75, 3.05) is 50.5 Å². The number of rotatable bonds is 9. The van der Waals surface area contributed by atoms with Gasteiger partial charge in [0.2, 0.25) is 10.0 Å². The van der Waals surface area contributed by atoms with Gasteiger partial charge in [0.25, 0.3) is 5.91 Å². The molecule has 1 amide bonds. The lowest BCUT2D eigenvalue weighted by molar-refractivity contribution is -0.127. The topological polar surface area (TPSA) is 101 Å². The van der Waals surface area contributed by atoms with Crippen LogP contribution in [0.5, 0.6) is 11.5 Å². The molecule has 1 aliphatic heterocycles. The second-order valence-corrected chi connectivity index (χ2v) is 9.21. The number of amides is 1. The molecular weight excluding hydrogens is 420 g/mol. The molecule has 0 radical (unpaired) electrons. The number of hydrogen-bond donors (Lipinski definition) is 1. The van der Waals surface area contributed by atoms with Crippen molar-refractivity contribution >= 4 is 21.7 Å². The first kappa shape index (κ1) is 22.8. The number of nitrogens with one attached hydrogen (secondary N) is 1. The fraction of sp³-hybridized carbons (Fsp3) is 0.429. The van der Waals surface area contributed by atoms with Crippen LogP contribution in [-0.2, 0) is 14.8 Å². The number of anilines is 1. The number of nitrogens with zero attached hydrogens (tertiary/aromatic N) is 3. The Morgan fingerprint density at radius 3 is 2.39 bits per heavy atom. The van der Waals surface area contributed by atoms with Crippen molar-refractivity contribution in [3.8, 4) is 11.5 Å². The Hall–Kier alpha value is -2.85. The Morgan fingerprint density at radius 1 is 1.10 bits per heavy atom. The number of methoxy groups -OCH3 is 1. The molecule has 9 nitrogen and oxygen atoms in total. The first-order valence-electron chi connectivity index (χ1n) is 10.1. The van der Waals surface area contributed by atoms with Crippen LogP contribution in [0.1, 0.15) is 6.92 Å². The SMILES string of the molecule is COc1ccc(OC(C)C(=O)NCCS(=O)(=O)N2CCN(c3ccccn3)CC2)cc1. The van der Waals surface area contributed by atoms with E-state index in [0.717, 1.165) is 5.82 Å². The molecule has 1 fully saturated rings. The van der Waals surface area contributed by atoms with Gasteiger partial charge in [-0.15, -0.1) is 0 Å². The molecular formula is C21H28N4O5S. The van der Waals surface area contributed by atoms with Crippen LogP contribution < -0.4 is 19.7 Å². The van der Waals surface area contributed by atoms with E-state index in [2.05, 4.69) is 15.2 Å². The molecule has 2 aromatic rings. The van der Waals surface area contributed by atoms with Gasteiger partial charge in [-0.05, 0) is 43.3 Å². The lowest BCUT2D eigenvalue weighted by Crippen LogP contribution is -2.50. The highest BCUT2D eigenvalue weighted by molar-refractivity contribution is 7.89. The highest BCUT2D eigenvalue weighted by Crippen LogP contribution is 2.18. The minimum absolute atomic E-state index is 0.0257. The molecule has 0 aliphatic carbocycles. The molecule has 1 N–H and O–H groups in total. The van der Waals surface area contributed by atoms with Crippen molar-refractivity contribution in [1.82, 2.24) is 14.6 Å². The highest BCUT2D eigenvalue weighted by Gasteiger charge is 2.27. The third-order valence-corrected chi connectivity index (χ3v) is 6.88. The van der Waals surface area contributed by atoms with E-state index in [1.807, 2.05) is 18.2 Å². The van der Waals surface area contributed by atoms with Crippen LogP contribution >= 0.6 is 0 Å². The van der Waals surface area contributed by atoms with Gasteiger partial charge in [0.05, 0.1) is 12.9 Å². The summed E-state index contributed by atoms with van der Waals surface area (Å²) in [5.41, 5.74) is 0. The molecule has 2 heterocycles. The summed E-state index contributed by atoms with van der Waals surface area (Å²) in [7, 11) is -1.89. The number of piperazine rings is 1. The summed E-state index contributed by atoms with van der Waals surface area (Å²) in [6, 6.07) is 12.6. The summed E-state index contributed by atoms with van der Waals surface area (Å²) >= 11 is 0. The van der Waals surface area contributed by atoms with Gasteiger partial charge >= 0.3 is 0 Å². The summed E-state index contributed by atoms with van der Waals surface area (Å²) in [5.74, 6) is 1.54. The average Bonchev–Trinajstić information content (AvgIpc) is 2.80. The number of carbonyl (C=O) groups excluding carboxylic acids is 1. The van der Waals surface area contributed by atoms with Crippen molar-refractivity contribution < 1.29 is 22.7 Å². The fourth-order valence-electron chi connectivity index (χ4n) is 3.22. The minimum atomic E-state index is -3.46. The molecule has 168 valence electrons. The molecule has 1 unspecified atom stereocenters. The zero-order valence-electron chi connectivity index (χ0n) is 17.7. The first-order valence-corrected chi connectivity index (χ1v) is 11.7. The summed E-state index contributed by atoms with van der Waals surface area (Å²) in [6.45, 7) is 3.58. The van der Waals surface area contributed by atoms with E-state index in [4.69, 9.17) is 9.47 Å². The smallest absolute Gasteiger partial charge is 0.260 e. The second-order valence-electron chi connectivity index (χ2n) is 7.12. The molecule has 1 atom stereocenters. The molecule has 1 aromatic carbocycles. The predicted octanol–water partition coefficient (Wildman–Crippen LogP) is 1.13. The van der Waals surface area contributed by atoms with Crippen LogP contribution in [0.4, 0.5) is 5.82 Å². The average molecular weight is 449 g/mol. The van der Waals surface area contributed by atoms with Gasteiger partial charge in [-0.25, -0.2) is 13.4 Å².